The maximum atomic E-state index is 9.40. The van der Waals surface area contributed by atoms with Crippen LogP contribution < -0.4 is 0 Å². The highest BCUT2D eigenvalue weighted by molar-refractivity contribution is 5.30. The van der Waals surface area contributed by atoms with E-state index in [1.165, 1.54) is 0 Å². The Morgan fingerprint density at radius 3 is 2.62 bits per heavy atom. The molecule has 0 aliphatic rings. The first-order valence-corrected chi connectivity index (χ1v) is 4.41. The molecule has 0 spiro atoms. The molecule has 2 nitrogen and oxygen atoms in total. The van der Waals surface area contributed by atoms with E-state index in [9.17, 15) is 5.11 Å². The summed E-state index contributed by atoms with van der Waals surface area (Å²) in [6, 6.07) is 6.03. The Balaban J connectivity index is 2.96. The lowest BCUT2D eigenvalue weighted by atomic mass is 10.0. The molecule has 0 saturated carbocycles. The summed E-state index contributed by atoms with van der Waals surface area (Å²) in [5.41, 5.74) is 3.22. The summed E-state index contributed by atoms with van der Waals surface area (Å²) in [4.78, 5) is 0. The minimum atomic E-state index is -0.407. The van der Waals surface area contributed by atoms with Crippen LogP contribution in [0.4, 0.5) is 0 Å². The lowest BCUT2D eigenvalue weighted by Gasteiger charge is -2.08. The van der Waals surface area contributed by atoms with Gasteiger partial charge in [-0.3, -0.25) is 0 Å². The topological polar surface area (TPSA) is 29.5 Å². The lowest BCUT2D eigenvalue weighted by Crippen LogP contribution is -1.95. The van der Waals surface area contributed by atoms with Gasteiger partial charge in [0.05, 0.1) is 12.7 Å². The van der Waals surface area contributed by atoms with Gasteiger partial charge >= 0.3 is 0 Å². The zero-order chi connectivity index (χ0) is 9.84. The molecule has 0 fully saturated rings. The van der Waals surface area contributed by atoms with Gasteiger partial charge < -0.3 is 9.84 Å². The van der Waals surface area contributed by atoms with E-state index in [4.69, 9.17) is 4.74 Å². The summed E-state index contributed by atoms with van der Waals surface area (Å²) < 4.78 is 5.04. The zero-order valence-corrected chi connectivity index (χ0v) is 8.37. The standard InChI is InChI=1S/C11H16O2/c1-8-4-10(7-13-3)6-11(5-8)9(2)12/h4-6,9,12H,7H2,1-3H3. The zero-order valence-electron chi connectivity index (χ0n) is 8.37. The fourth-order valence-electron chi connectivity index (χ4n) is 1.39. The molecule has 1 atom stereocenters. The average Bonchev–Trinajstić information content (AvgIpc) is 2.03. The van der Waals surface area contributed by atoms with Gasteiger partial charge in [0, 0.05) is 7.11 Å². The second-order valence-corrected chi connectivity index (χ2v) is 3.36. The summed E-state index contributed by atoms with van der Waals surface area (Å²) in [5.74, 6) is 0. The van der Waals surface area contributed by atoms with Crippen LogP contribution in [0, 0.1) is 6.92 Å². The van der Waals surface area contributed by atoms with Crippen molar-refractivity contribution in [1.29, 1.82) is 0 Å². The highest BCUT2D eigenvalue weighted by atomic mass is 16.5. The van der Waals surface area contributed by atoms with Crippen LogP contribution in [0.25, 0.3) is 0 Å². The molecule has 1 N–H and O–H groups in total. The SMILES string of the molecule is COCc1cc(C)cc(C(C)O)c1. The number of benzene rings is 1. The van der Waals surface area contributed by atoms with E-state index >= 15 is 0 Å². The van der Waals surface area contributed by atoms with E-state index in [1.807, 2.05) is 19.1 Å². The van der Waals surface area contributed by atoms with Crippen molar-refractivity contribution in [3.05, 3.63) is 34.9 Å². The molecule has 0 radical (unpaired) electrons. The van der Waals surface area contributed by atoms with Crippen molar-refractivity contribution in [3.63, 3.8) is 0 Å². The molecule has 0 aromatic heterocycles. The predicted octanol–water partition coefficient (Wildman–Crippen LogP) is 2.19. The number of aliphatic hydroxyl groups is 1. The molecule has 0 bridgehead atoms. The van der Waals surface area contributed by atoms with Crippen molar-refractivity contribution < 1.29 is 9.84 Å². The minimum absolute atomic E-state index is 0.407. The van der Waals surface area contributed by atoms with E-state index in [2.05, 4.69) is 6.07 Å². The Morgan fingerprint density at radius 2 is 2.08 bits per heavy atom. The largest absolute Gasteiger partial charge is 0.389 e. The molecule has 2 heteroatoms. The molecule has 0 heterocycles. The smallest absolute Gasteiger partial charge is 0.0762 e. The van der Waals surface area contributed by atoms with Crippen LogP contribution in [0.2, 0.25) is 0 Å². The van der Waals surface area contributed by atoms with Crippen LogP contribution in [0.5, 0.6) is 0 Å². The van der Waals surface area contributed by atoms with Crippen LogP contribution >= 0.6 is 0 Å². The van der Waals surface area contributed by atoms with Gasteiger partial charge in [-0.15, -0.1) is 0 Å². The third-order valence-corrected chi connectivity index (χ3v) is 1.95. The number of methoxy groups -OCH3 is 1. The lowest BCUT2D eigenvalue weighted by molar-refractivity contribution is 0.183. The number of rotatable bonds is 3. The maximum absolute atomic E-state index is 9.40. The van der Waals surface area contributed by atoms with E-state index in [1.54, 1.807) is 14.0 Å². The fraction of sp³-hybridized carbons (Fsp3) is 0.455. The van der Waals surface area contributed by atoms with Crippen LogP contribution in [0.15, 0.2) is 18.2 Å². The van der Waals surface area contributed by atoms with Gasteiger partial charge in [-0.05, 0) is 25.0 Å². The Morgan fingerprint density at radius 1 is 1.38 bits per heavy atom. The maximum Gasteiger partial charge on any atom is 0.0762 e. The number of hydrogen-bond donors (Lipinski definition) is 1. The minimum Gasteiger partial charge on any atom is -0.389 e. The highest BCUT2D eigenvalue weighted by Crippen LogP contribution is 2.16. The van der Waals surface area contributed by atoms with Crippen LogP contribution in [0.3, 0.4) is 0 Å². The van der Waals surface area contributed by atoms with Crippen molar-refractivity contribution in [2.75, 3.05) is 7.11 Å². The Bertz CT molecular complexity index is 279. The summed E-state index contributed by atoms with van der Waals surface area (Å²) in [7, 11) is 1.67. The molecule has 1 aromatic rings. The molecule has 0 aliphatic heterocycles. The fourth-order valence-corrected chi connectivity index (χ4v) is 1.39. The van der Waals surface area contributed by atoms with Crippen molar-refractivity contribution in [3.8, 4) is 0 Å². The molecule has 1 rings (SSSR count). The van der Waals surface area contributed by atoms with E-state index in [0.29, 0.717) is 6.61 Å². The first-order valence-electron chi connectivity index (χ1n) is 4.41. The third kappa shape index (κ3) is 2.83. The van der Waals surface area contributed by atoms with E-state index < -0.39 is 6.10 Å². The van der Waals surface area contributed by atoms with Crippen LogP contribution in [-0.2, 0) is 11.3 Å². The molecule has 13 heavy (non-hydrogen) atoms. The van der Waals surface area contributed by atoms with Crippen molar-refractivity contribution in [1.82, 2.24) is 0 Å². The molecule has 1 unspecified atom stereocenters. The van der Waals surface area contributed by atoms with Gasteiger partial charge in [0.2, 0.25) is 0 Å². The van der Waals surface area contributed by atoms with Crippen molar-refractivity contribution in [2.24, 2.45) is 0 Å². The number of aliphatic hydroxyl groups excluding tert-OH is 1. The number of hydrogen-bond acceptors (Lipinski definition) is 2. The Labute approximate surface area is 79.2 Å². The number of aryl methyl sites for hydroxylation is 1. The highest BCUT2D eigenvalue weighted by Gasteiger charge is 2.03. The first kappa shape index (κ1) is 10.2. The monoisotopic (exact) mass is 180 g/mol. The normalized spacial score (nSPS) is 12.9. The third-order valence-electron chi connectivity index (χ3n) is 1.95. The average molecular weight is 180 g/mol. The second-order valence-electron chi connectivity index (χ2n) is 3.36. The Hall–Kier alpha value is -0.860. The van der Waals surface area contributed by atoms with Crippen molar-refractivity contribution >= 4 is 0 Å². The van der Waals surface area contributed by atoms with Gasteiger partial charge in [0.25, 0.3) is 0 Å². The molecule has 0 saturated heterocycles. The molecule has 72 valence electrons. The summed E-state index contributed by atoms with van der Waals surface area (Å²) in [6.07, 6.45) is -0.407. The first-order chi connectivity index (χ1) is 6.13. The summed E-state index contributed by atoms with van der Waals surface area (Å²) >= 11 is 0. The second kappa shape index (κ2) is 4.40. The summed E-state index contributed by atoms with van der Waals surface area (Å²) in [5, 5.41) is 9.40. The quantitative estimate of drug-likeness (QED) is 0.772. The van der Waals surface area contributed by atoms with Gasteiger partial charge in [-0.1, -0.05) is 23.8 Å². The van der Waals surface area contributed by atoms with Crippen molar-refractivity contribution in [2.45, 2.75) is 26.6 Å². The molecule has 1 aromatic carbocycles. The molecular weight excluding hydrogens is 164 g/mol. The van der Waals surface area contributed by atoms with Gasteiger partial charge in [0.1, 0.15) is 0 Å². The van der Waals surface area contributed by atoms with Crippen LogP contribution in [0.1, 0.15) is 29.7 Å². The number of ether oxygens (including phenoxy) is 1. The predicted molar refractivity (Wildman–Crippen MR) is 52.5 cm³/mol. The molecular formula is C11H16O2. The van der Waals surface area contributed by atoms with E-state index in [-0.39, 0.29) is 0 Å². The van der Waals surface area contributed by atoms with Gasteiger partial charge in [0.15, 0.2) is 0 Å². The van der Waals surface area contributed by atoms with Crippen LogP contribution in [-0.4, -0.2) is 12.2 Å². The van der Waals surface area contributed by atoms with E-state index in [0.717, 1.165) is 16.7 Å². The van der Waals surface area contributed by atoms with Gasteiger partial charge in [-0.2, -0.15) is 0 Å². The van der Waals surface area contributed by atoms with Gasteiger partial charge in [-0.25, -0.2) is 0 Å². The summed E-state index contributed by atoms with van der Waals surface area (Å²) in [6.45, 7) is 4.39. The molecule has 0 aliphatic carbocycles. The molecule has 0 amide bonds. The Kier molecular flexibility index (Phi) is 3.46.